The Morgan fingerprint density at radius 2 is 2.00 bits per heavy atom. The van der Waals surface area contributed by atoms with Gasteiger partial charge in [0.2, 0.25) is 0 Å². The van der Waals surface area contributed by atoms with Crippen molar-refractivity contribution in [1.82, 2.24) is 0 Å². The second-order valence-corrected chi connectivity index (χ2v) is 4.90. The van der Waals surface area contributed by atoms with Crippen LogP contribution in [-0.2, 0) is 14.3 Å². The van der Waals surface area contributed by atoms with E-state index < -0.39 is 0 Å². The van der Waals surface area contributed by atoms with E-state index in [1.165, 1.54) is 0 Å². The van der Waals surface area contributed by atoms with Gasteiger partial charge in [0, 0.05) is 17.8 Å². The Balaban J connectivity index is 2.31. The van der Waals surface area contributed by atoms with Gasteiger partial charge in [0.05, 0.1) is 13.2 Å². The summed E-state index contributed by atoms with van der Waals surface area (Å²) in [5.74, 6) is 0.559. The van der Waals surface area contributed by atoms with Crippen molar-refractivity contribution >= 4 is 5.78 Å². The molecule has 3 heteroatoms. The summed E-state index contributed by atoms with van der Waals surface area (Å²) in [6.07, 6.45) is 2.46. The van der Waals surface area contributed by atoms with Gasteiger partial charge in [-0.1, -0.05) is 20.8 Å². The zero-order valence-electron chi connectivity index (χ0n) is 10.0. The molecule has 0 saturated carbocycles. The lowest BCUT2D eigenvalue weighted by atomic mass is 9.84. The Morgan fingerprint density at radius 3 is 2.53 bits per heavy atom. The standard InChI is InChI=1S/C12H22O3/c1-4-10(2)11(13)5-6-12(3)7-14-9-15-8-12/h10H,4-9H2,1-3H3. The number of ether oxygens (including phenoxy) is 2. The SMILES string of the molecule is CCC(C)C(=O)CCC1(C)COCOC1. The van der Waals surface area contributed by atoms with Crippen molar-refractivity contribution in [3.05, 3.63) is 0 Å². The maximum Gasteiger partial charge on any atom is 0.146 e. The fourth-order valence-corrected chi connectivity index (χ4v) is 1.72. The summed E-state index contributed by atoms with van der Waals surface area (Å²) in [5.41, 5.74) is 0.0291. The van der Waals surface area contributed by atoms with E-state index in [0.717, 1.165) is 12.8 Å². The number of carbonyl (C=O) groups is 1. The molecule has 88 valence electrons. The number of Topliss-reactive ketones (excluding diaryl/α,β-unsaturated/α-hetero) is 1. The summed E-state index contributed by atoms with van der Waals surface area (Å²) >= 11 is 0. The second kappa shape index (κ2) is 5.61. The van der Waals surface area contributed by atoms with Gasteiger partial charge in [-0.3, -0.25) is 4.79 Å². The van der Waals surface area contributed by atoms with Gasteiger partial charge in [-0.05, 0) is 12.8 Å². The van der Waals surface area contributed by atoms with Crippen molar-refractivity contribution in [3.63, 3.8) is 0 Å². The first kappa shape index (κ1) is 12.7. The summed E-state index contributed by atoms with van der Waals surface area (Å²) in [5, 5.41) is 0. The first-order chi connectivity index (χ1) is 7.07. The highest BCUT2D eigenvalue weighted by atomic mass is 16.7. The minimum Gasteiger partial charge on any atom is -0.355 e. The van der Waals surface area contributed by atoms with Crippen molar-refractivity contribution in [2.45, 2.75) is 40.0 Å². The van der Waals surface area contributed by atoms with E-state index >= 15 is 0 Å². The zero-order valence-corrected chi connectivity index (χ0v) is 10.0. The summed E-state index contributed by atoms with van der Waals surface area (Å²) in [4.78, 5) is 11.7. The highest BCUT2D eigenvalue weighted by molar-refractivity contribution is 5.80. The normalized spacial score (nSPS) is 22.3. The number of hydrogen-bond acceptors (Lipinski definition) is 3. The van der Waals surface area contributed by atoms with E-state index in [9.17, 15) is 4.79 Å². The Labute approximate surface area is 92.1 Å². The van der Waals surface area contributed by atoms with Crippen LogP contribution < -0.4 is 0 Å². The van der Waals surface area contributed by atoms with Crippen LogP contribution in [0.5, 0.6) is 0 Å². The van der Waals surface area contributed by atoms with Crippen LogP contribution in [0, 0.1) is 11.3 Å². The third kappa shape index (κ3) is 3.92. The lowest BCUT2D eigenvalue weighted by Crippen LogP contribution is -2.35. The molecule has 1 heterocycles. The Hall–Kier alpha value is -0.410. The van der Waals surface area contributed by atoms with E-state index in [4.69, 9.17) is 9.47 Å². The lowest BCUT2D eigenvalue weighted by molar-refractivity contribution is -0.162. The molecule has 0 radical (unpaired) electrons. The van der Waals surface area contributed by atoms with Crippen molar-refractivity contribution < 1.29 is 14.3 Å². The molecule has 1 rings (SSSR count). The highest BCUT2D eigenvalue weighted by Crippen LogP contribution is 2.28. The van der Waals surface area contributed by atoms with Gasteiger partial charge in [0.25, 0.3) is 0 Å². The third-order valence-corrected chi connectivity index (χ3v) is 3.20. The average Bonchev–Trinajstić information content (AvgIpc) is 2.26. The van der Waals surface area contributed by atoms with E-state index in [2.05, 4.69) is 13.8 Å². The monoisotopic (exact) mass is 214 g/mol. The molecule has 1 aliphatic heterocycles. The molecule has 0 aromatic rings. The topological polar surface area (TPSA) is 35.5 Å². The zero-order chi connectivity index (χ0) is 11.3. The molecule has 0 aromatic heterocycles. The van der Waals surface area contributed by atoms with Crippen molar-refractivity contribution in [3.8, 4) is 0 Å². The predicted octanol–water partition coefficient (Wildman–Crippen LogP) is 2.39. The molecule has 3 nitrogen and oxygen atoms in total. The van der Waals surface area contributed by atoms with Crippen molar-refractivity contribution in [2.24, 2.45) is 11.3 Å². The molecular weight excluding hydrogens is 192 g/mol. The molecule has 0 amide bonds. The summed E-state index contributed by atoms with van der Waals surface area (Å²) < 4.78 is 10.5. The van der Waals surface area contributed by atoms with Gasteiger partial charge in [0.1, 0.15) is 12.6 Å². The molecule has 0 aromatic carbocycles. The van der Waals surface area contributed by atoms with Crippen LogP contribution in [0.1, 0.15) is 40.0 Å². The Morgan fingerprint density at radius 1 is 1.40 bits per heavy atom. The van der Waals surface area contributed by atoms with Crippen molar-refractivity contribution in [1.29, 1.82) is 0 Å². The first-order valence-corrected chi connectivity index (χ1v) is 5.75. The van der Waals surface area contributed by atoms with E-state index in [-0.39, 0.29) is 11.3 Å². The van der Waals surface area contributed by atoms with Gasteiger partial charge in [0.15, 0.2) is 0 Å². The lowest BCUT2D eigenvalue weighted by Gasteiger charge is -2.33. The van der Waals surface area contributed by atoms with Crippen LogP contribution in [0.3, 0.4) is 0 Å². The van der Waals surface area contributed by atoms with E-state index in [0.29, 0.717) is 32.2 Å². The summed E-state index contributed by atoms with van der Waals surface area (Å²) in [6.45, 7) is 7.99. The molecule has 0 spiro atoms. The van der Waals surface area contributed by atoms with Crippen molar-refractivity contribution in [2.75, 3.05) is 20.0 Å². The maximum absolute atomic E-state index is 11.7. The molecule has 1 saturated heterocycles. The molecule has 1 fully saturated rings. The summed E-state index contributed by atoms with van der Waals surface area (Å²) in [7, 11) is 0. The fourth-order valence-electron chi connectivity index (χ4n) is 1.72. The maximum atomic E-state index is 11.7. The van der Waals surface area contributed by atoms with E-state index in [1.807, 2.05) is 6.92 Å². The predicted molar refractivity (Wildman–Crippen MR) is 58.6 cm³/mol. The third-order valence-electron chi connectivity index (χ3n) is 3.20. The van der Waals surface area contributed by atoms with Crippen LogP contribution >= 0.6 is 0 Å². The largest absolute Gasteiger partial charge is 0.355 e. The van der Waals surface area contributed by atoms with Gasteiger partial charge in [-0.25, -0.2) is 0 Å². The summed E-state index contributed by atoms with van der Waals surface area (Å²) in [6, 6.07) is 0. The number of hydrogen-bond donors (Lipinski definition) is 0. The van der Waals surface area contributed by atoms with Crippen LogP contribution in [0.15, 0.2) is 0 Å². The molecule has 1 atom stereocenters. The van der Waals surface area contributed by atoms with Gasteiger partial charge in [-0.15, -0.1) is 0 Å². The number of rotatable bonds is 5. The van der Waals surface area contributed by atoms with Crippen LogP contribution in [-0.4, -0.2) is 25.8 Å². The minimum atomic E-state index is 0.0291. The Bertz CT molecular complexity index is 207. The minimum absolute atomic E-state index is 0.0291. The number of ketones is 1. The molecule has 0 N–H and O–H groups in total. The van der Waals surface area contributed by atoms with Gasteiger partial charge >= 0.3 is 0 Å². The molecular formula is C12H22O3. The van der Waals surface area contributed by atoms with Gasteiger partial charge < -0.3 is 9.47 Å². The highest BCUT2D eigenvalue weighted by Gasteiger charge is 2.29. The smallest absolute Gasteiger partial charge is 0.146 e. The number of carbonyl (C=O) groups excluding carboxylic acids is 1. The van der Waals surface area contributed by atoms with Crippen LogP contribution in [0.25, 0.3) is 0 Å². The quantitative estimate of drug-likeness (QED) is 0.705. The van der Waals surface area contributed by atoms with Crippen LogP contribution in [0.2, 0.25) is 0 Å². The Kier molecular flexibility index (Phi) is 4.74. The molecule has 1 unspecified atom stereocenters. The van der Waals surface area contributed by atoms with E-state index in [1.54, 1.807) is 0 Å². The average molecular weight is 214 g/mol. The van der Waals surface area contributed by atoms with Crippen LogP contribution in [0.4, 0.5) is 0 Å². The fraction of sp³-hybridized carbons (Fsp3) is 0.917. The molecule has 1 aliphatic rings. The first-order valence-electron chi connectivity index (χ1n) is 5.75. The molecule has 0 bridgehead atoms. The second-order valence-electron chi connectivity index (χ2n) is 4.90. The molecule has 0 aliphatic carbocycles. The molecule has 15 heavy (non-hydrogen) atoms. The van der Waals surface area contributed by atoms with Gasteiger partial charge in [-0.2, -0.15) is 0 Å².